The number of rotatable bonds is 5. The maximum atomic E-state index is 12.3. The number of benzene rings is 2. The number of halogens is 1. The highest BCUT2D eigenvalue weighted by Crippen LogP contribution is 2.23. The number of nitrogens with one attached hydrogen (secondary N) is 1. The molecule has 0 atom stereocenters. The Labute approximate surface area is 173 Å². The van der Waals surface area contributed by atoms with E-state index in [2.05, 4.69) is 10.5 Å². The van der Waals surface area contributed by atoms with Gasteiger partial charge in [0.25, 0.3) is 0 Å². The maximum absolute atomic E-state index is 12.3. The van der Waals surface area contributed by atoms with Crippen molar-refractivity contribution >= 4 is 40.4 Å². The molecule has 2 aromatic carbocycles. The summed E-state index contributed by atoms with van der Waals surface area (Å²) in [4.78, 5) is 14.4. The van der Waals surface area contributed by atoms with Gasteiger partial charge >= 0.3 is 5.91 Å². The van der Waals surface area contributed by atoms with E-state index in [1.54, 1.807) is 30.5 Å². The van der Waals surface area contributed by atoms with Gasteiger partial charge in [-0.1, -0.05) is 11.6 Å². The number of hydrogen-bond donors (Lipinski definition) is 1. The van der Waals surface area contributed by atoms with Crippen LogP contribution in [0.15, 0.2) is 76.4 Å². The molecule has 0 radical (unpaired) electrons. The van der Waals surface area contributed by atoms with E-state index in [4.69, 9.17) is 16.0 Å². The number of amides is 1. The molecule has 0 bridgehead atoms. The predicted octanol–water partition coefficient (Wildman–Crippen LogP) is 4.71. The average Bonchev–Trinajstić information content (AvgIpc) is 3.34. The lowest BCUT2D eigenvalue weighted by molar-refractivity contribution is 0.0929. The van der Waals surface area contributed by atoms with Gasteiger partial charge in [0.2, 0.25) is 0 Å². The van der Waals surface area contributed by atoms with Gasteiger partial charge in [0.05, 0.1) is 11.9 Å². The van der Waals surface area contributed by atoms with E-state index < -0.39 is 5.91 Å². The smallest absolute Gasteiger partial charge is 0.307 e. The minimum Gasteiger partial charge on any atom is -0.451 e. The molecule has 6 nitrogen and oxygen atoms in total. The van der Waals surface area contributed by atoms with E-state index in [0.29, 0.717) is 10.6 Å². The summed E-state index contributed by atoms with van der Waals surface area (Å²) in [7, 11) is 4.00. The van der Waals surface area contributed by atoms with Gasteiger partial charge in [0.15, 0.2) is 5.76 Å². The largest absolute Gasteiger partial charge is 0.451 e. The first-order valence-corrected chi connectivity index (χ1v) is 9.37. The zero-order valence-corrected chi connectivity index (χ0v) is 16.7. The summed E-state index contributed by atoms with van der Waals surface area (Å²) in [5.41, 5.74) is 6.05. The Hall–Kier alpha value is -3.51. The van der Waals surface area contributed by atoms with E-state index in [1.165, 1.54) is 0 Å². The number of furan rings is 1. The highest BCUT2D eigenvalue weighted by Gasteiger charge is 2.12. The summed E-state index contributed by atoms with van der Waals surface area (Å²) >= 11 is 5.97. The molecular formula is C22H19ClN4O2. The second-order valence-electron chi connectivity index (χ2n) is 6.71. The van der Waals surface area contributed by atoms with Crippen LogP contribution in [0.1, 0.15) is 16.2 Å². The van der Waals surface area contributed by atoms with Gasteiger partial charge in [0.1, 0.15) is 5.58 Å². The zero-order chi connectivity index (χ0) is 20.4. The number of carbonyl (C=O) groups is 1. The molecule has 0 fully saturated rings. The Bertz CT molecular complexity index is 1190. The first-order valence-electron chi connectivity index (χ1n) is 8.99. The van der Waals surface area contributed by atoms with Crippen molar-refractivity contribution in [3.05, 3.63) is 83.3 Å². The van der Waals surface area contributed by atoms with Crippen molar-refractivity contribution in [3.8, 4) is 5.69 Å². The van der Waals surface area contributed by atoms with Crippen molar-refractivity contribution in [1.29, 1.82) is 0 Å². The van der Waals surface area contributed by atoms with E-state index in [1.807, 2.05) is 66.2 Å². The van der Waals surface area contributed by atoms with Crippen molar-refractivity contribution in [2.75, 3.05) is 19.0 Å². The molecule has 0 aliphatic heterocycles. The summed E-state index contributed by atoms with van der Waals surface area (Å²) in [6.07, 6.45) is 3.54. The van der Waals surface area contributed by atoms with E-state index in [0.717, 1.165) is 22.5 Å². The van der Waals surface area contributed by atoms with Crippen LogP contribution >= 0.6 is 11.6 Å². The van der Waals surface area contributed by atoms with Gasteiger partial charge < -0.3 is 13.9 Å². The Morgan fingerprint density at radius 2 is 1.93 bits per heavy atom. The normalized spacial score (nSPS) is 11.3. The highest BCUT2D eigenvalue weighted by molar-refractivity contribution is 6.31. The lowest BCUT2D eigenvalue weighted by Gasteiger charge is -2.13. The Kier molecular flexibility index (Phi) is 5.10. The first kappa shape index (κ1) is 18.8. The third-order valence-electron chi connectivity index (χ3n) is 4.49. The van der Waals surface area contributed by atoms with Crippen molar-refractivity contribution in [1.82, 2.24) is 9.99 Å². The van der Waals surface area contributed by atoms with Crippen LogP contribution in [0.3, 0.4) is 0 Å². The maximum Gasteiger partial charge on any atom is 0.307 e. The lowest BCUT2D eigenvalue weighted by Crippen LogP contribution is -2.17. The van der Waals surface area contributed by atoms with Crippen LogP contribution < -0.4 is 10.3 Å². The summed E-state index contributed by atoms with van der Waals surface area (Å²) in [6.45, 7) is 0. The Balaban J connectivity index is 1.48. The Morgan fingerprint density at radius 1 is 1.14 bits per heavy atom. The molecule has 1 amide bonds. The Morgan fingerprint density at radius 3 is 2.69 bits per heavy atom. The third kappa shape index (κ3) is 4.02. The molecule has 7 heteroatoms. The number of hydrogen-bond acceptors (Lipinski definition) is 4. The summed E-state index contributed by atoms with van der Waals surface area (Å²) in [5.74, 6) is -0.254. The molecule has 29 heavy (non-hydrogen) atoms. The van der Waals surface area contributed by atoms with Crippen molar-refractivity contribution in [2.45, 2.75) is 0 Å². The molecule has 146 valence electrons. The SMILES string of the molecule is CN(C)c1ccc(-n2cccc2/C=N\NC(=O)c2cc3cc(Cl)ccc3o2)cc1. The van der Waals surface area contributed by atoms with Crippen LogP contribution in [-0.2, 0) is 0 Å². The number of carbonyl (C=O) groups excluding carboxylic acids is 1. The zero-order valence-electron chi connectivity index (χ0n) is 16.0. The molecule has 0 unspecified atom stereocenters. The fraction of sp³-hybridized carbons (Fsp3) is 0.0909. The fourth-order valence-corrected chi connectivity index (χ4v) is 3.16. The van der Waals surface area contributed by atoms with Gasteiger partial charge in [0, 0.05) is 42.1 Å². The monoisotopic (exact) mass is 406 g/mol. The van der Waals surface area contributed by atoms with Gasteiger partial charge in [-0.05, 0) is 60.7 Å². The predicted molar refractivity (Wildman–Crippen MR) is 116 cm³/mol. The van der Waals surface area contributed by atoms with Gasteiger partial charge in [-0.2, -0.15) is 5.10 Å². The number of aromatic nitrogens is 1. The quantitative estimate of drug-likeness (QED) is 0.385. The minimum atomic E-state index is -0.429. The van der Waals surface area contributed by atoms with E-state index in [-0.39, 0.29) is 5.76 Å². The number of anilines is 1. The van der Waals surface area contributed by atoms with Crippen LogP contribution in [-0.4, -0.2) is 30.8 Å². The number of nitrogens with zero attached hydrogens (tertiary/aromatic N) is 3. The van der Waals surface area contributed by atoms with E-state index in [9.17, 15) is 4.79 Å². The molecule has 4 rings (SSSR count). The molecule has 0 aliphatic carbocycles. The first-order chi connectivity index (χ1) is 14.0. The van der Waals surface area contributed by atoms with Crippen molar-refractivity contribution in [2.24, 2.45) is 5.10 Å². The lowest BCUT2D eigenvalue weighted by atomic mass is 10.2. The topological polar surface area (TPSA) is 62.8 Å². The molecule has 2 aromatic heterocycles. The second kappa shape index (κ2) is 7.85. The second-order valence-corrected chi connectivity index (χ2v) is 7.14. The van der Waals surface area contributed by atoms with Crippen LogP contribution in [0, 0.1) is 0 Å². The van der Waals surface area contributed by atoms with Crippen molar-refractivity contribution in [3.63, 3.8) is 0 Å². The highest BCUT2D eigenvalue weighted by atomic mass is 35.5. The molecular weight excluding hydrogens is 388 g/mol. The molecule has 4 aromatic rings. The van der Waals surface area contributed by atoms with Gasteiger partial charge in [-0.15, -0.1) is 0 Å². The number of hydrazone groups is 1. The summed E-state index contributed by atoms with van der Waals surface area (Å²) in [5, 5.41) is 5.42. The number of fused-ring (bicyclic) bond motifs is 1. The van der Waals surface area contributed by atoms with Crippen LogP contribution in [0.2, 0.25) is 5.02 Å². The van der Waals surface area contributed by atoms with E-state index >= 15 is 0 Å². The standard InChI is InChI=1S/C22H19ClN4O2/c1-26(2)17-6-8-18(9-7-17)27-11-3-4-19(27)14-24-25-22(28)21-13-15-12-16(23)5-10-20(15)29-21/h3-14H,1-2H3,(H,25,28)/b24-14-. The summed E-state index contributed by atoms with van der Waals surface area (Å²) in [6, 6.07) is 18.8. The van der Waals surface area contributed by atoms with Crippen LogP contribution in [0.25, 0.3) is 16.7 Å². The van der Waals surface area contributed by atoms with Gasteiger partial charge in [-0.3, -0.25) is 4.79 Å². The minimum absolute atomic E-state index is 0.175. The molecule has 1 N–H and O–H groups in total. The third-order valence-corrected chi connectivity index (χ3v) is 4.72. The van der Waals surface area contributed by atoms with Gasteiger partial charge in [-0.25, -0.2) is 5.43 Å². The molecule has 0 spiro atoms. The van der Waals surface area contributed by atoms with Crippen molar-refractivity contribution < 1.29 is 9.21 Å². The van der Waals surface area contributed by atoms with Crippen LogP contribution in [0.4, 0.5) is 5.69 Å². The van der Waals surface area contributed by atoms with Crippen LogP contribution in [0.5, 0.6) is 0 Å². The molecule has 0 saturated heterocycles. The molecule has 0 saturated carbocycles. The average molecular weight is 407 g/mol. The molecule has 0 aliphatic rings. The molecule has 2 heterocycles. The summed E-state index contributed by atoms with van der Waals surface area (Å²) < 4.78 is 7.53. The fourth-order valence-electron chi connectivity index (χ4n) is 2.98.